The van der Waals surface area contributed by atoms with Crippen molar-refractivity contribution in [2.24, 2.45) is 0 Å². The second-order valence-electron chi connectivity index (χ2n) is 4.68. The number of benzene rings is 1. The summed E-state index contributed by atoms with van der Waals surface area (Å²) >= 11 is 0. The van der Waals surface area contributed by atoms with Gasteiger partial charge in [0.1, 0.15) is 17.4 Å². The summed E-state index contributed by atoms with van der Waals surface area (Å²) < 4.78 is 9.98. The molecule has 0 saturated carbocycles. The molecule has 0 unspecified atom stereocenters. The van der Waals surface area contributed by atoms with Crippen molar-refractivity contribution in [3.05, 3.63) is 42.0 Å². The van der Waals surface area contributed by atoms with E-state index in [1.54, 1.807) is 26.2 Å². The van der Waals surface area contributed by atoms with Crippen molar-refractivity contribution < 1.29 is 14.3 Å². The van der Waals surface area contributed by atoms with E-state index in [4.69, 9.17) is 15.2 Å². The summed E-state index contributed by atoms with van der Waals surface area (Å²) in [6.07, 6.45) is -0.557. The van der Waals surface area contributed by atoms with E-state index >= 15 is 0 Å². The fourth-order valence-electron chi connectivity index (χ4n) is 1.93. The predicted octanol–water partition coefficient (Wildman–Crippen LogP) is 2.85. The van der Waals surface area contributed by atoms with Crippen molar-refractivity contribution in [2.45, 2.75) is 13.5 Å². The second-order valence-corrected chi connectivity index (χ2v) is 4.68. The molecule has 0 saturated heterocycles. The van der Waals surface area contributed by atoms with Crippen LogP contribution < -0.4 is 21.1 Å². The zero-order valence-corrected chi connectivity index (χ0v) is 13.1. The highest BCUT2D eigenvalue weighted by Crippen LogP contribution is 2.20. The van der Waals surface area contributed by atoms with Gasteiger partial charge in [-0.1, -0.05) is 12.1 Å². The van der Waals surface area contributed by atoms with Crippen LogP contribution in [0.4, 0.5) is 22.1 Å². The molecule has 2 rings (SSSR count). The number of nitrogens with zero attached hydrogens (tertiary/aromatic N) is 1. The van der Waals surface area contributed by atoms with Gasteiger partial charge >= 0.3 is 6.09 Å². The lowest BCUT2D eigenvalue weighted by Crippen LogP contribution is -2.15. The number of carbonyl (C=O) groups is 1. The maximum absolute atomic E-state index is 11.4. The molecule has 1 amide bonds. The minimum absolute atomic E-state index is 0.216. The summed E-state index contributed by atoms with van der Waals surface area (Å²) in [5.74, 6) is 1.62. The smallest absolute Gasteiger partial charge is 0.411 e. The molecule has 0 aliphatic carbocycles. The molecule has 4 N–H and O–H groups in total. The van der Waals surface area contributed by atoms with Gasteiger partial charge in [-0.15, -0.1) is 0 Å². The third kappa shape index (κ3) is 4.77. The van der Waals surface area contributed by atoms with Crippen molar-refractivity contribution >= 4 is 23.4 Å². The van der Waals surface area contributed by atoms with Gasteiger partial charge in [-0.2, -0.15) is 0 Å². The fourth-order valence-corrected chi connectivity index (χ4v) is 1.93. The van der Waals surface area contributed by atoms with E-state index in [1.807, 2.05) is 24.3 Å². The maximum atomic E-state index is 11.4. The highest BCUT2D eigenvalue weighted by molar-refractivity contribution is 5.88. The normalized spacial score (nSPS) is 10.0. The Hall–Kier alpha value is -2.96. The van der Waals surface area contributed by atoms with Gasteiger partial charge in [-0.25, -0.2) is 9.78 Å². The standard InChI is InChI=1S/C16H20N4O3/c1-3-23-16(21)19-13-7-8-14(20-15(13)17)18-10-11-5-4-6-12(9-11)22-2/h4-9H,3,10H2,1-2H3,(H,19,21)(H3,17,18,20). The van der Waals surface area contributed by atoms with Gasteiger partial charge in [0.05, 0.1) is 19.4 Å². The summed E-state index contributed by atoms with van der Waals surface area (Å²) in [5, 5.41) is 5.70. The Morgan fingerprint density at radius 2 is 2.13 bits per heavy atom. The second kappa shape index (κ2) is 7.88. The molecule has 2 aromatic rings. The molecule has 1 heterocycles. The fraction of sp³-hybridized carbons (Fsp3) is 0.250. The van der Waals surface area contributed by atoms with Crippen LogP contribution >= 0.6 is 0 Å². The average Bonchev–Trinajstić information content (AvgIpc) is 2.55. The summed E-state index contributed by atoms with van der Waals surface area (Å²) in [5.41, 5.74) is 7.31. The Morgan fingerprint density at radius 3 is 2.83 bits per heavy atom. The van der Waals surface area contributed by atoms with Crippen LogP contribution in [-0.2, 0) is 11.3 Å². The molecule has 0 bridgehead atoms. The molecule has 0 aliphatic rings. The number of ether oxygens (including phenoxy) is 2. The van der Waals surface area contributed by atoms with Gasteiger partial charge in [0.15, 0.2) is 0 Å². The first-order chi connectivity index (χ1) is 11.1. The van der Waals surface area contributed by atoms with Crippen molar-refractivity contribution in [1.82, 2.24) is 4.98 Å². The minimum atomic E-state index is -0.557. The SMILES string of the molecule is CCOC(=O)Nc1ccc(NCc2cccc(OC)c2)nc1N. The average molecular weight is 316 g/mol. The molecule has 122 valence electrons. The summed E-state index contributed by atoms with van der Waals surface area (Å²) in [6.45, 7) is 2.60. The van der Waals surface area contributed by atoms with Crippen molar-refractivity contribution in [3.8, 4) is 5.75 Å². The number of rotatable bonds is 6. The van der Waals surface area contributed by atoms with Crippen LogP contribution in [-0.4, -0.2) is 24.8 Å². The third-order valence-electron chi connectivity index (χ3n) is 3.04. The lowest BCUT2D eigenvalue weighted by atomic mass is 10.2. The first kappa shape index (κ1) is 16.4. The number of methoxy groups -OCH3 is 1. The van der Waals surface area contributed by atoms with Crippen molar-refractivity contribution in [2.75, 3.05) is 30.1 Å². The number of hydrogen-bond donors (Lipinski definition) is 3. The van der Waals surface area contributed by atoms with Crippen LogP contribution in [0.5, 0.6) is 5.75 Å². The molecular formula is C16H20N4O3. The van der Waals surface area contributed by atoms with Crippen LogP contribution in [0.25, 0.3) is 0 Å². The van der Waals surface area contributed by atoms with Gasteiger partial charge in [0, 0.05) is 6.54 Å². The lowest BCUT2D eigenvalue weighted by Gasteiger charge is -2.11. The number of nitrogens with one attached hydrogen (secondary N) is 2. The maximum Gasteiger partial charge on any atom is 0.411 e. The topological polar surface area (TPSA) is 98.5 Å². The van der Waals surface area contributed by atoms with E-state index in [9.17, 15) is 4.79 Å². The minimum Gasteiger partial charge on any atom is -0.497 e. The van der Waals surface area contributed by atoms with Crippen molar-refractivity contribution in [1.29, 1.82) is 0 Å². The van der Waals surface area contributed by atoms with Crippen LogP contribution in [0.3, 0.4) is 0 Å². The van der Waals surface area contributed by atoms with E-state index in [0.717, 1.165) is 11.3 Å². The molecule has 1 aromatic carbocycles. The van der Waals surface area contributed by atoms with Gasteiger partial charge in [-0.05, 0) is 36.8 Å². The number of aromatic nitrogens is 1. The molecule has 0 spiro atoms. The molecule has 7 nitrogen and oxygen atoms in total. The van der Waals surface area contributed by atoms with Gasteiger partial charge in [0.25, 0.3) is 0 Å². The highest BCUT2D eigenvalue weighted by atomic mass is 16.5. The number of anilines is 3. The Morgan fingerprint density at radius 1 is 1.30 bits per heavy atom. The number of carbonyl (C=O) groups excluding carboxylic acids is 1. The molecule has 0 fully saturated rings. The zero-order valence-electron chi connectivity index (χ0n) is 13.1. The van der Waals surface area contributed by atoms with Crippen LogP contribution in [0.2, 0.25) is 0 Å². The molecule has 23 heavy (non-hydrogen) atoms. The van der Waals surface area contributed by atoms with Crippen LogP contribution in [0.1, 0.15) is 12.5 Å². The van der Waals surface area contributed by atoms with Gasteiger partial charge < -0.3 is 20.5 Å². The van der Waals surface area contributed by atoms with Crippen LogP contribution in [0.15, 0.2) is 36.4 Å². The Bertz CT molecular complexity index is 676. The number of hydrogen-bond acceptors (Lipinski definition) is 6. The Balaban J connectivity index is 1.98. The monoisotopic (exact) mass is 316 g/mol. The highest BCUT2D eigenvalue weighted by Gasteiger charge is 2.07. The number of nitrogen functional groups attached to an aromatic ring is 1. The lowest BCUT2D eigenvalue weighted by molar-refractivity contribution is 0.168. The number of nitrogens with two attached hydrogens (primary N) is 1. The number of amides is 1. The van der Waals surface area contributed by atoms with E-state index in [2.05, 4.69) is 15.6 Å². The van der Waals surface area contributed by atoms with Crippen LogP contribution in [0, 0.1) is 0 Å². The van der Waals surface area contributed by atoms with Crippen molar-refractivity contribution in [3.63, 3.8) is 0 Å². The molecule has 1 aromatic heterocycles. The Kier molecular flexibility index (Phi) is 5.62. The molecule has 7 heteroatoms. The Labute approximate surface area is 134 Å². The van der Waals surface area contributed by atoms with E-state index < -0.39 is 6.09 Å². The van der Waals surface area contributed by atoms with E-state index in [1.165, 1.54) is 0 Å². The molecule has 0 aliphatic heterocycles. The third-order valence-corrected chi connectivity index (χ3v) is 3.04. The number of pyridine rings is 1. The first-order valence-corrected chi connectivity index (χ1v) is 7.19. The molecule has 0 atom stereocenters. The predicted molar refractivity (Wildman–Crippen MR) is 89.6 cm³/mol. The largest absolute Gasteiger partial charge is 0.497 e. The summed E-state index contributed by atoms with van der Waals surface area (Å²) in [4.78, 5) is 15.6. The van der Waals surface area contributed by atoms with E-state index in [-0.39, 0.29) is 5.82 Å². The first-order valence-electron chi connectivity index (χ1n) is 7.19. The summed E-state index contributed by atoms with van der Waals surface area (Å²) in [7, 11) is 1.63. The van der Waals surface area contributed by atoms with Gasteiger partial charge in [-0.3, -0.25) is 5.32 Å². The molecular weight excluding hydrogens is 296 g/mol. The molecule has 0 radical (unpaired) electrons. The summed E-state index contributed by atoms with van der Waals surface area (Å²) in [6, 6.07) is 11.1. The zero-order chi connectivity index (χ0) is 16.7. The van der Waals surface area contributed by atoms with E-state index in [0.29, 0.717) is 24.7 Å². The van der Waals surface area contributed by atoms with Gasteiger partial charge in [0.2, 0.25) is 0 Å². The quantitative estimate of drug-likeness (QED) is 0.758.